The Balaban J connectivity index is 2.14. The highest BCUT2D eigenvalue weighted by Crippen LogP contribution is 2.39. The zero-order valence-electron chi connectivity index (χ0n) is 13.0. The van der Waals surface area contributed by atoms with E-state index in [1.807, 2.05) is 36.1 Å². The second-order valence-electron chi connectivity index (χ2n) is 5.40. The van der Waals surface area contributed by atoms with Crippen molar-refractivity contribution in [2.45, 2.75) is 13.0 Å². The molecule has 5 heteroatoms. The van der Waals surface area contributed by atoms with Crippen LogP contribution in [0.3, 0.4) is 0 Å². The monoisotopic (exact) mass is 311 g/mol. The molecule has 0 spiro atoms. The number of carbonyl (C=O) groups excluding carboxylic acids is 2. The summed E-state index contributed by atoms with van der Waals surface area (Å²) in [6.07, 6.45) is 0.857. The van der Waals surface area contributed by atoms with Gasteiger partial charge in [0.2, 0.25) is 0 Å². The fourth-order valence-corrected chi connectivity index (χ4v) is 2.71. The number of rotatable bonds is 3. The van der Waals surface area contributed by atoms with Crippen LogP contribution < -0.4 is 9.64 Å². The Morgan fingerprint density at radius 2 is 2.13 bits per heavy atom. The predicted octanol–water partition coefficient (Wildman–Crippen LogP) is 2.88. The van der Waals surface area contributed by atoms with Gasteiger partial charge in [-0.1, -0.05) is 12.1 Å². The van der Waals surface area contributed by atoms with E-state index in [9.17, 15) is 9.59 Å². The molecule has 118 valence electrons. The average molecular weight is 311 g/mol. The van der Waals surface area contributed by atoms with Crippen LogP contribution in [0.4, 0.5) is 11.4 Å². The van der Waals surface area contributed by atoms with Gasteiger partial charge in [0, 0.05) is 5.69 Å². The zero-order chi connectivity index (χ0) is 16.4. The Bertz CT molecular complexity index is 756. The topological polar surface area (TPSA) is 55.8 Å². The van der Waals surface area contributed by atoms with Crippen molar-refractivity contribution in [3.8, 4) is 5.75 Å². The van der Waals surface area contributed by atoms with Crippen molar-refractivity contribution in [1.82, 2.24) is 0 Å². The van der Waals surface area contributed by atoms with Gasteiger partial charge in [-0.25, -0.2) is 4.79 Å². The Hall–Kier alpha value is -2.82. The first-order valence-corrected chi connectivity index (χ1v) is 7.30. The summed E-state index contributed by atoms with van der Waals surface area (Å²) in [4.78, 5) is 25.2. The standard InChI is InChI=1S/C18H17NO4/c1-12-4-3-5-14(8-12)19-15(10-20)11-23-17-7-6-13(9-16(17)19)18(21)22-2/h3-10,15H,11H2,1-2H3. The van der Waals surface area contributed by atoms with Gasteiger partial charge in [0.25, 0.3) is 0 Å². The van der Waals surface area contributed by atoms with Gasteiger partial charge in [0.15, 0.2) is 0 Å². The number of aryl methyl sites for hydroxylation is 1. The maximum atomic E-state index is 11.8. The molecule has 0 radical (unpaired) electrons. The van der Waals surface area contributed by atoms with Gasteiger partial charge in [0.05, 0.1) is 18.4 Å². The van der Waals surface area contributed by atoms with Gasteiger partial charge < -0.3 is 19.2 Å². The molecule has 0 saturated heterocycles. The molecule has 2 aromatic carbocycles. The first-order chi connectivity index (χ1) is 11.1. The molecule has 5 nitrogen and oxygen atoms in total. The van der Waals surface area contributed by atoms with E-state index >= 15 is 0 Å². The zero-order valence-corrected chi connectivity index (χ0v) is 13.0. The minimum absolute atomic E-state index is 0.266. The average Bonchev–Trinajstić information content (AvgIpc) is 2.59. The molecule has 0 bridgehead atoms. The number of methoxy groups -OCH3 is 1. The van der Waals surface area contributed by atoms with Crippen molar-refractivity contribution >= 4 is 23.6 Å². The molecule has 0 aliphatic carbocycles. The molecule has 1 atom stereocenters. The third-order valence-electron chi connectivity index (χ3n) is 3.82. The van der Waals surface area contributed by atoms with Crippen LogP contribution in [-0.4, -0.2) is 32.0 Å². The molecule has 2 aromatic rings. The molecule has 0 saturated carbocycles. The lowest BCUT2D eigenvalue weighted by Crippen LogP contribution is -2.41. The lowest BCUT2D eigenvalue weighted by molar-refractivity contribution is -0.109. The number of carbonyl (C=O) groups is 2. The van der Waals surface area contributed by atoms with Crippen molar-refractivity contribution in [1.29, 1.82) is 0 Å². The predicted molar refractivity (Wildman–Crippen MR) is 86.4 cm³/mol. The Morgan fingerprint density at radius 1 is 1.30 bits per heavy atom. The number of benzene rings is 2. The number of hydrogen-bond acceptors (Lipinski definition) is 5. The smallest absolute Gasteiger partial charge is 0.337 e. The van der Waals surface area contributed by atoms with Crippen LogP contribution in [0.2, 0.25) is 0 Å². The molecular weight excluding hydrogens is 294 g/mol. The summed E-state index contributed by atoms with van der Waals surface area (Å²) in [7, 11) is 1.34. The van der Waals surface area contributed by atoms with E-state index < -0.39 is 12.0 Å². The molecule has 23 heavy (non-hydrogen) atoms. The fraction of sp³-hybridized carbons (Fsp3) is 0.222. The van der Waals surface area contributed by atoms with Crippen molar-refractivity contribution < 1.29 is 19.1 Å². The van der Waals surface area contributed by atoms with E-state index in [2.05, 4.69) is 0 Å². The molecule has 1 aliphatic rings. The van der Waals surface area contributed by atoms with Gasteiger partial charge in [-0.15, -0.1) is 0 Å². The quantitative estimate of drug-likeness (QED) is 0.644. The maximum absolute atomic E-state index is 11.8. The second-order valence-corrected chi connectivity index (χ2v) is 5.40. The summed E-state index contributed by atoms with van der Waals surface area (Å²) >= 11 is 0. The summed E-state index contributed by atoms with van der Waals surface area (Å²) in [5.74, 6) is 0.211. The van der Waals surface area contributed by atoms with Crippen LogP contribution in [0.15, 0.2) is 42.5 Å². The molecular formula is C18H17NO4. The third kappa shape index (κ3) is 2.77. The molecule has 0 fully saturated rings. The molecule has 0 aromatic heterocycles. The number of aldehydes is 1. The summed E-state index contributed by atoms with van der Waals surface area (Å²) < 4.78 is 10.4. The van der Waals surface area contributed by atoms with Crippen LogP contribution in [0.5, 0.6) is 5.75 Å². The van der Waals surface area contributed by atoms with Gasteiger partial charge in [0.1, 0.15) is 24.7 Å². The Kier molecular flexibility index (Phi) is 4.02. The third-order valence-corrected chi connectivity index (χ3v) is 3.82. The van der Waals surface area contributed by atoms with Gasteiger partial charge in [-0.05, 0) is 42.8 Å². The lowest BCUT2D eigenvalue weighted by Gasteiger charge is -2.36. The second kappa shape index (κ2) is 6.12. The molecule has 3 rings (SSSR count). The summed E-state index contributed by atoms with van der Waals surface area (Å²) in [5, 5.41) is 0. The fourth-order valence-electron chi connectivity index (χ4n) is 2.71. The molecule has 0 N–H and O–H groups in total. The number of fused-ring (bicyclic) bond motifs is 1. The van der Waals surface area contributed by atoms with Crippen molar-refractivity contribution in [2.24, 2.45) is 0 Å². The largest absolute Gasteiger partial charge is 0.489 e. The molecule has 1 unspecified atom stereocenters. The normalized spacial score (nSPS) is 16.3. The minimum atomic E-state index is -0.447. The Morgan fingerprint density at radius 3 is 2.83 bits per heavy atom. The van der Waals surface area contributed by atoms with E-state index in [0.29, 0.717) is 17.0 Å². The van der Waals surface area contributed by atoms with Crippen LogP contribution in [0.1, 0.15) is 15.9 Å². The van der Waals surface area contributed by atoms with E-state index in [4.69, 9.17) is 9.47 Å². The van der Waals surface area contributed by atoms with E-state index in [1.54, 1.807) is 18.2 Å². The first-order valence-electron chi connectivity index (χ1n) is 7.30. The number of hydrogen-bond donors (Lipinski definition) is 0. The number of nitrogens with zero attached hydrogens (tertiary/aromatic N) is 1. The highest BCUT2D eigenvalue weighted by atomic mass is 16.5. The maximum Gasteiger partial charge on any atom is 0.337 e. The lowest BCUT2D eigenvalue weighted by atomic mass is 10.1. The van der Waals surface area contributed by atoms with Crippen LogP contribution in [-0.2, 0) is 9.53 Å². The Labute approximate surface area is 134 Å². The first kappa shape index (κ1) is 15.1. The van der Waals surface area contributed by atoms with Gasteiger partial charge in [-0.2, -0.15) is 0 Å². The summed E-state index contributed by atoms with van der Waals surface area (Å²) in [6, 6.07) is 12.5. The van der Waals surface area contributed by atoms with E-state index in [-0.39, 0.29) is 6.61 Å². The van der Waals surface area contributed by atoms with Crippen molar-refractivity contribution in [2.75, 3.05) is 18.6 Å². The van der Waals surface area contributed by atoms with E-state index in [0.717, 1.165) is 17.5 Å². The number of esters is 1. The van der Waals surface area contributed by atoms with Crippen molar-refractivity contribution in [3.63, 3.8) is 0 Å². The van der Waals surface area contributed by atoms with Crippen LogP contribution >= 0.6 is 0 Å². The van der Waals surface area contributed by atoms with Gasteiger partial charge >= 0.3 is 5.97 Å². The van der Waals surface area contributed by atoms with Gasteiger partial charge in [-0.3, -0.25) is 0 Å². The highest BCUT2D eigenvalue weighted by Gasteiger charge is 2.29. The summed E-state index contributed by atoms with van der Waals surface area (Å²) in [6.45, 7) is 2.26. The highest BCUT2D eigenvalue weighted by molar-refractivity contribution is 5.92. The molecule has 1 heterocycles. The minimum Gasteiger partial charge on any atom is -0.489 e. The number of ether oxygens (including phenoxy) is 2. The van der Waals surface area contributed by atoms with Crippen molar-refractivity contribution in [3.05, 3.63) is 53.6 Å². The summed E-state index contributed by atoms with van der Waals surface area (Å²) in [5.41, 5.74) is 3.07. The van der Waals surface area contributed by atoms with Crippen LogP contribution in [0, 0.1) is 6.92 Å². The number of anilines is 2. The van der Waals surface area contributed by atoms with E-state index in [1.165, 1.54) is 7.11 Å². The molecule has 0 amide bonds. The molecule has 1 aliphatic heterocycles. The SMILES string of the molecule is COC(=O)c1ccc2c(c1)N(c1cccc(C)c1)C(C=O)CO2. The van der Waals surface area contributed by atoms with Crippen LogP contribution in [0.25, 0.3) is 0 Å².